The van der Waals surface area contributed by atoms with E-state index in [4.69, 9.17) is 17.0 Å². The Kier molecular flexibility index (Phi) is 3.62. The van der Waals surface area contributed by atoms with E-state index in [1.807, 2.05) is 28.8 Å². The Morgan fingerprint density at radius 3 is 2.95 bits per heavy atom. The Morgan fingerprint density at radius 1 is 1.25 bits per heavy atom. The summed E-state index contributed by atoms with van der Waals surface area (Å²) in [7, 11) is 1.71. The van der Waals surface area contributed by atoms with Gasteiger partial charge >= 0.3 is 0 Å². The van der Waals surface area contributed by atoms with Crippen LogP contribution in [0.15, 0.2) is 42.6 Å². The largest absolute Gasteiger partial charge is 0.384 e. The van der Waals surface area contributed by atoms with Gasteiger partial charge < -0.3 is 9.72 Å². The predicted molar refractivity (Wildman–Crippen MR) is 81.8 cm³/mol. The number of ether oxygens (including phenoxy) is 1. The zero-order valence-corrected chi connectivity index (χ0v) is 12.0. The number of imidazole rings is 1. The lowest BCUT2D eigenvalue weighted by atomic mass is 10.1. The first-order valence-corrected chi connectivity index (χ1v) is 6.85. The van der Waals surface area contributed by atoms with Crippen LogP contribution in [0.2, 0.25) is 0 Å². The lowest BCUT2D eigenvalue weighted by Crippen LogP contribution is -2.03. The molecule has 1 N–H and O–H groups in total. The number of hydrogen-bond donors (Lipinski definition) is 1. The number of para-hydroxylation sites is 1. The number of methoxy groups -OCH3 is 1. The molecule has 0 spiro atoms. The molecule has 0 atom stereocenters. The molecule has 5 heteroatoms. The summed E-state index contributed by atoms with van der Waals surface area (Å²) >= 11 is 5.44. The van der Waals surface area contributed by atoms with Crippen molar-refractivity contribution in [2.75, 3.05) is 13.7 Å². The minimum Gasteiger partial charge on any atom is -0.384 e. The van der Waals surface area contributed by atoms with E-state index in [-0.39, 0.29) is 0 Å². The van der Waals surface area contributed by atoms with Crippen molar-refractivity contribution in [3.05, 3.63) is 52.9 Å². The second-order valence-electron chi connectivity index (χ2n) is 4.51. The van der Waals surface area contributed by atoms with Gasteiger partial charge in [-0.05, 0) is 42.4 Å². The first-order valence-electron chi connectivity index (χ1n) is 6.44. The molecule has 4 nitrogen and oxygen atoms in total. The second kappa shape index (κ2) is 5.56. The fourth-order valence-corrected chi connectivity index (χ4v) is 2.61. The molecule has 0 fully saturated rings. The maximum absolute atomic E-state index is 5.44. The highest BCUT2D eigenvalue weighted by Crippen LogP contribution is 2.21. The van der Waals surface area contributed by atoms with Crippen LogP contribution < -0.4 is 0 Å². The molecule has 2 aromatic heterocycles. The van der Waals surface area contributed by atoms with Crippen LogP contribution in [-0.4, -0.2) is 28.3 Å². The number of H-pyrrole nitrogens is 1. The summed E-state index contributed by atoms with van der Waals surface area (Å²) in [6, 6.07) is 12.1. The van der Waals surface area contributed by atoms with E-state index in [2.05, 4.69) is 22.1 Å². The molecule has 0 aliphatic rings. The molecule has 3 aromatic rings. The van der Waals surface area contributed by atoms with Crippen LogP contribution in [0.4, 0.5) is 0 Å². The van der Waals surface area contributed by atoms with E-state index in [9.17, 15) is 0 Å². The number of nitrogens with zero attached hydrogens (tertiary/aromatic N) is 2. The monoisotopic (exact) mass is 285 g/mol. The third-order valence-corrected chi connectivity index (χ3v) is 3.54. The van der Waals surface area contributed by atoms with Gasteiger partial charge in [-0.15, -0.1) is 0 Å². The van der Waals surface area contributed by atoms with Crippen molar-refractivity contribution < 1.29 is 4.74 Å². The molecule has 0 aliphatic heterocycles. The highest BCUT2D eigenvalue weighted by molar-refractivity contribution is 7.71. The number of aromatic amines is 1. The first-order chi connectivity index (χ1) is 9.81. The van der Waals surface area contributed by atoms with Gasteiger partial charge in [0.1, 0.15) is 0 Å². The van der Waals surface area contributed by atoms with Gasteiger partial charge in [0.25, 0.3) is 0 Å². The minimum absolute atomic E-state index is 0.656. The lowest BCUT2D eigenvalue weighted by Gasteiger charge is -2.10. The predicted octanol–water partition coefficient (Wildman–Crippen LogP) is 3.27. The van der Waals surface area contributed by atoms with Crippen LogP contribution >= 0.6 is 12.2 Å². The summed E-state index contributed by atoms with van der Waals surface area (Å²) in [5.74, 6) is 0. The van der Waals surface area contributed by atoms with Gasteiger partial charge in [-0.1, -0.05) is 18.2 Å². The van der Waals surface area contributed by atoms with Crippen LogP contribution in [0.25, 0.3) is 16.9 Å². The van der Waals surface area contributed by atoms with Crippen LogP contribution in [0.1, 0.15) is 5.56 Å². The molecule has 3 rings (SSSR count). The summed E-state index contributed by atoms with van der Waals surface area (Å²) in [4.78, 5) is 7.63. The molecule has 1 aromatic carbocycles. The number of fused-ring (bicyclic) bond motifs is 1. The lowest BCUT2D eigenvalue weighted by molar-refractivity contribution is 0.202. The van der Waals surface area contributed by atoms with Crippen molar-refractivity contribution in [2.45, 2.75) is 6.42 Å². The molecule has 0 bridgehead atoms. The van der Waals surface area contributed by atoms with E-state index >= 15 is 0 Å². The van der Waals surface area contributed by atoms with Crippen molar-refractivity contribution in [1.82, 2.24) is 14.5 Å². The van der Waals surface area contributed by atoms with Gasteiger partial charge in [0.2, 0.25) is 0 Å². The average Bonchev–Trinajstić information content (AvgIpc) is 2.81. The average molecular weight is 285 g/mol. The molecule has 0 radical (unpaired) electrons. The van der Waals surface area contributed by atoms with Crippen molar-refractivity contribution in [3.8, 4) is 5.69 Å². The SMILES string of the molecule is COCCc1ccccc1-n1c(=S)[nH]c2cccnc21. The second-order valence-corrected chi connectivity index (χ2v) is 4.90. The van der Waals surface area contributed by atoms with Crippen molar-refractivity contribution in [2.24, 2.45) is 0 Å². The number of benzene rings is 1. The van der Waals surface area contributed by atoms with Crippen LogP contribution in [-0.2, 0) is 11.2 Å². The normalized spacial score (nSPS) is 11.1. The summed E-state index contributed by atoms with van der Waals surface area (Å²) in [5.41, 5.74) is 4.04. The van der Waals surface area contributed by atoms with E-state index in [1.165, 1.54) is 5.56 Å². The Morgan fingerprint density at radius 2 is 2.10 bits per heavy atom. The Balaban J connectivity index is 2.21. The van der Waals surface area contributed by atoms with Gasteiger partial charge in [-0.25, -0.2) is 4.98 Å². The van der Waals surface area contributed by atoms with Crippen molar-refractivity contribution in [3.63, 3.8) is 0 Å². The fraction of sp³-hybridized carbons (Fsp3) is 0.200. The fourth-order valence-electron chi connectivity index (χ4n) is 2.32. The Labute approximate surface area is 122 Å². The number of nitrogens with one attached hydrogen (secondary N) is 1. The molecule has 0 saturated heterocycles. The maximum atomic E-state index is 5.44. The maximum Gasteiger partial charge on any atom is 0.184 e. The van der Waals surface area contributed by atoms with Gasteiger partial charge in [0.15, 0.2) is 10.4 Å². The number of aromatic nitrogens is 3. The highest BCUT2D eigenvalue weighted by atomic mass is 32.1. The zero-order valence-electron chi connectivity index (χ0n) is 11.2. The summed E-state index contributed by atoms with van der Waals surface area (Å²) in [6.45, 7) is 0.681. The van der Waals surface area contributed by atoms with E-state index in [1.54, 1.807) is 13.3 Å². The third-order valence-electron chi connectivity index (χ3n) is 3.25. The number of pyridine rings is 1. The zero-order chi connectivity index (χ0) is 13.9. The topological polar surface area (TPSA) is 42.8 Å². The molecular weight excluding hydrogens is 270 g/mol. The van der Waals surface area contributed by atoms with Crippen molar-refractivity contribution >= 4 is 23.4 Å². The molecule has 20 heavy (non-hydrogen) atoms. The summed E-state index contributed by atoms with van der Waals surface area (Å²) in [5, 5.41) is 0. The summed E-state index contributed by atoms with van der Waals surface area (Å²) < 4.78 is 7.81. The highest BCUT2D eigenvalue weighted by Gasteiger charge is 2.10. The van der Waals surface area contributed by atoms with E-state index in [0.717, 1.165) is 23.3 Å². The van der Waals surface area contributed by atoms with Crippen molar-refractivity contribution in [1.29, 1.82) is 0 Å². The standard InChI is InChI=1S/C15H15N3OS/c1-19-10-8-11-5-2-3-7-13(11)18-14-12(17-15(18)20)6-4-9-16-14/h2-7,9H,8,10H2,1H3,(H,17,20). The van der Waals surface area contributed by atoms with Gasteiger partial charge in [-0.2, -0.15) is 0 Å². The third kappa shape index (κ3) is 2.26. The molecule has 102 valence electrons. The molecule has 2 heterocycles. The van der Waals surface area contributed by atoms with Gasteiger partial charge in [-0.3, -0.25) is 4.57 Å². The minimum atomic E-state index is 0.656. The molecule has 0 amide bonds. The molecule has 0 saturated carbocycles. The summed E-state index contributed by atoms with van der Waals surface area (Å²) in [6.07, 6.45) is 2.62. The molecular formula is C15H15N3OS. The van der Waals surface area contributed by atoms with Crippen LogP contribution in [0.3, 0.4) is 0 Å². The number of hydrogen-bond acceptors (Lipinski definition) is 3. The molecule has 0 aliphatic carbocycles. The first kappa shape index (κ1) is 13.0. The smallest absolute Gasteiger partial charge is 0.184 e. The Bertz CT molecular complexity index is 791. The van der Waals surface area contributed by atoms with Gasteiger partial charge in [0, 0.05) is 13.3 Å². The van der Waals surface area contributed by atoms with Crippen LogP contribution in [0, 0.1) is 4.77 Å². The molecule has 0 unspecified atom stereocenters. The van der Waals surface area contributed by atoms with Gasteiger partial charge in [0.05, 0.1) is 17.8 Å². The van der Waals surface area contributed by atoms with Crippen LogP contribution in [0.5, 0.6) is 0 Å². The van der Waals surface area contributed by atoms with E-state index in [0.29, 0.717) is 11.4 Å². The number of rotatable bonds is 4. The Hall–Kier alpha value is -1.98. The quantitative estimate of drug-likeness (QED) is 0.748. The van der Waals surface area contributed by atoms with E-state index < -0.39 is 0 Å².